The number of amides is 2. The van der Waals surface area contributed by atoms with Gasteiger partial charge in [0.25, 0.3) is 0 Å². The highest BCUT2D eigenvalue weighted by atomic mass is 32.2. The number of hydrogen-bond acceptors (Lipinski definition) is 3. The summed E-state index contributed by atoms with van der Waals surface area (Å²) in [5.74, 6) is 0.508. The molecule has 2 saturated heterocycles. The molecule has 2 rings (SSSR count). The number of thioether (sulfide) groups is 1. The van der Waals surface area contributed by atoms with E-state index in [-0.39, 0.29) is 17.2 Å². The Kier molecular flexibility index (Phi) is 1.23. The Bertz CT molecular complexity index is 184. The first-order valence-corrected chi connectivity index (χ1v) is 4.30. The van der Waals surface area contributed by atoms with Gasteiger partial charge in [0.05, 0.1) is 11.1 Å². The lowest BCUT2D eigenvalue weighted by atomic mass is 10.4. The quantitative estimate of drug-likeness (QED) is 0.472. The number of imide groups is 1. The molecule has 0 radical (unpaired) electrons. The van der Waals surface area contributed by atoms with Crippen molar-refractivity contribution in [3.8, 4) is 0 Å². The van der Waals surface area contributed by atoms with Crippen molar-refractivity contribution in [1.82, 2.24) is 4.90 Å². The van der Waals surface area contributed by atoms with Crippen LogP contribution in [0.4, 0.5) is 0 Å². The summed E-state index contributed by atoms with van der Waals surface area (Å²) in [6.07, 6.45) is 1.42. The molecule has 0 unspecified atom stereocenters. The Hall–Kier alpha value is -0.510. The maximum Gasteiger partial charge on any atom is 0.240 e. The molecule has 0 N–H and O–H groups in total. The van der Waals surface area contributed by atoms with E-state index in [2.05, 4.69) is 0 Å². The third-order valence-electron chi connectivity index (χ3n) is 1.83. The highest BCUT2D eigenvalue weighted by Gasteiger charge is 2.40. The lowest BCUT2D eigenvalue weighted by molar-refractivity contribution is -0.139. The molecule has 0 aromatic heterocycles. The summed E-state index contributed by atoms with van der Waals surface area (Å²) in [7, 11) is 0. The first kappa shape index (κ1) is 6.22. The van der Waals surface area contributed by atoms with E-state index in [1.165, 1.54) is 4.90 Å². The van der Waals surface area contributed by atoms with Crippen LogP contribution in [-0.2, 0) is 9.59 Å². The fourth-order valence-electron chi connectivity index (χ4n) is 1.35. The number of rotatable bonds is 0. The fraction of sp³-hybridized carbons (Fsp3) is 0.667. The molecule has 4 heteroatoms. The van der Waals surface area contributed by atoms with Crippen molar-refractivity contribution in [2.24, 2.45) is 0 Å². The first-order valence-electron chi connectivity index (χ1n) is 3.25. The van der Waals surface area contributed by atoms with Gasteiger partial charge in [-0.2, -0.15) is 0 Å². The summed E-state index contributed by atoms with van der Waals surface area (Å²) in [5, 5.41) is 0.181. The molecule has 3 nitrogen and oxygen atoms in total. The third kappa shape index (κ3) is 0.683. The largest absolute Gasteiger partial charge is 0.274 e. The SMILES string of the molecule is O=C1CC[C@H]2SCC(=O)N12. The van der Waals surface area contributed by atoms with Gasteiger partial charge in [0.15, 0.2) is 0 Å². The Morgan fingerprint density at radius 3 is 2.90 bits per heavy atom. The lowest BCUT2D eigenvalue weighted by Crippen LogP contribution is -2.31. The van der Waals surface area contributed by atoms with Crippen molar-refractivity contribution in [3.05, 3.63) is 0 Å². The zero-order valence-corrected chi connectivity index (χ0v) is 6.19. The van der Waals surface area contributed by atoms with Crippen LogP contribution in [0.2, 0.25) is 0 Å². The van der Waals surface area contributed by atoms with Gasteiger partial charge in [-0.25, -0.2) is 0 Å². The molecule has 2 aliphatic heterocycles. The molecule has 2 amide bonds. The number of hydrogen-bond donors (Lipinski definition) is 0. The van der Waals surface area contributed by atoms with Crippen LogP contribution in [0.15, 0.2) is 0 Å². The molecule has 2 fully saturated rings. The van der Waals surface area contributed by atoms with E-state index >= 15 is 0 Å². The molecular weight excluding hydrogens is 150 g/mol. The minimum atomic E-state index is -0.00231. The Balaban J connectivity index is 2.26. The van der Waals surface area contributed by atoms with E-state index < -0.39 is 0 Å². The van der Waals surface area contributed by atoms with Crippen molar-refractivity contribution in [2.75, 3.05) is 5.75 Å². The van der Waals surface area contributed by atoms with Crippen molar-refractivity contribution < 1.29 is 9.59 Å². The zero-order chi connectivity index (χ0) is 7.14. The third-order valence-corrected chi connectivity index (χ3v) is 3.07. The van der Waals surface area contributed by atoms with Gasteiger partial charge in [-0.3, -0.25) is 14.5 Å². The molecule has 0 bridgehead atoms. The van der Waals surface area contributed by atoms with Crippen LogP contribution in [0.3, 0.4) is 0 Å². The predicted molar refractivity (Wildman–Crippen MR) is 37.3 cm³/mol. The maximum atomic E-state index is 11.0. The van der Waals surface area contributed by atoms with Crippen LogP contribution < -0.4 is 0 Å². The van der Waals surface area contributed by atoms with E-state index in [0.717, 1.165) is 6.42 Å². The molecule has 2 aliphatic rings. The van der Waals surface area contributed by atoms with Gasteiger partial charge in [-0.05, 0) is 6.42 Å². The van der Waals surface area contributed by atoms with E-state index in [1.807, 2.05) is 0 Å². The second-order valence-electron chi connectivity index (χ2n) is 2.46. The minimum absolute atomic E-state index is 0.00231. The predicted octanol–water partition coefficient (Wildman–Crippen LogP) is 0.208. The Morgan fingerprint density at radius 2 is 2.20 bits per heavy atom. The topological polar surface area (TPSA) is 37.4 Å². The molecule has 0 aromatic carbocycles. The minimum Gasteiger partial charge on any atom is -0.274 e. The van der Waals surface area contributed by atoms with Crippen LogP contribution >= 0.6 is 11.8 Å². The van der Waals surface area contributed by atoms with Crippen LogP contribution in [0.25, 0.3) is 0 Å². The number of nitrogens with zero attached hydrogens (tertiary/aromatic N) is 1. The van der Waals surface area contributed by atoms with Crippen molar-refractivity contribution in [2.45, 2.75) is 18.2 Å². The van der Waals surface area contributed by atoms with Gasteiger partial charge in [0.2, 0.25) is 11.8 Å². The van der Waals surface area contributed by atoms with Gasteiger partial charge in [-0.15, -0.1) is 11.8 Å². The Morgan fingerprint density at radius 1 is 1.40 bits per heavy atom. The molecule has 0 aliphatic carbocycles. The van der Waals surface area contributed by atoms with Gasteiger partial charge < -0.3 is 0 Å². The van der Waals surface area contributed by atoms with E-state index in [9.17, 15) is 9.59 Å². The molecule has 10 heavy (non-hydrogen) atoms. The molecule has 2 heterocycles. The average Bonchev–Trinajstić information content (AvgIpc) is 2.40. The highest BCUT2D eigenvalue weighted by Crippen LogP contribution is 2.33. The van der Waals surface area contributed by atoms with Crippen molar-refractivity contribution in [3.63, 3.8) is 0 Å². The van der Waals surface area contributed by atoms with Crippen molar-refractivity contribution >= 4 is 23.6 Å². The molecular formula is C6H7NO2S. The van der Waals surface area contributed by atoms with Gasteiger partial charge in [0, 0.05) is 6.42 Å². The fourth-order valence-corrected chi connectivity index (χ4v) is 2.49. The number of fused-ring (bicyclic) bond motifs is 1. The van der Waals surface area contributed by atoms with Crippen LogP contribution in [0.5, 0.6) is 0 Å². The second kappa shape index (κ2) is 1.99. The summed E-state index contributed by atoms with van der Waals surface area (Å²) in [6, 6.07) is 0. The van der Waals surface area contributed by atoms with Gasteiger partial charge >= 0.3 is 0 Å². The van der Waals surface area contributed by atoms with Crippen LogP contribution in [-0.4, -0.2) is 27.8 Å². The summed E-state index contributed by atoms with van der Waals surface area (Å²) in [4.78, 5) is 23.3. The second-order valence-corrected chi connectivity index (χ2v) is 3.63. The molecule has 54 valence electrons. The smallest absolute Gasteiger partial charge is 0.240 e. The molecule has 0 spiro atoms. The van der Waals surface area contributed by atoms with Crippen molar-refractivity contribution in [1.29, 1.82) is 0 Å². The van der Waals surface area contributed by atoms with E-state index in [1.54, 1.807) is 11.8 Å². The standard InChI is InChI=1S/C6H7NO2S/c8-4-1-2-6-7(4)5(9)3-10-6/h6H,1-3H2/t6-/m1/s1. The monoisotopic (exact) mass is 157 g/mol. The average molecular weight is 157 g/mol. The summed E-state index contributed by atoms with van der Waals surface area (Å²) in [6.45, 7) is 0. The highest BCUT2D eigenvalue weighted by molar-refractivity contribution is 8.01. The molecule has 0 aromatic rings. The normalized spacial score (nSPS) is 31.6. The van der Waals surface area contributed by atoms with E-state index in [4.69, 9.17) is 0 Å². The first-order chi connectivity index (χ1) is 4.79. The summed E-state index contributed by atoms with van der Waals surface area (Å²) >= 11 is 1.58. The lowest BCUT2D eigenvalue weighted by Gasteiger charge is -2.09. The molecule has 1 atom stereocenters. The zero-order valence-electron chi connectivity index (χ0n) is 5.37. The van der Waals surface area contributed by atoms with Gasteiger partial charge in [0.1, 0.15) is 0 Å². The van der Waals surface area contributed by atoms with E-state index in [0.29, 0.717) is 12.2 Å². The Labute approximate surface area is 62.8 Å². The molecule has 0 saturated carbocycles. The van der Waals surface area contributed by atoms with Gasteiger partial charge in [-0.1, -0.05) is 0 Å². The van der Waals surface area contributed by atoms with Crippen LogP contribution in [0, 0.1) is 0 Å². The summed E-state index contributed by atoms with van der Waals surface area (Å²) in [5.41, 5.74) is 0. The number of carbonyl (C=O) groups excluding carboxylic acids is 2. The maximum absolute atomic E-state index is 11.0. The van der Waals surface area contributed by atoms with Crippen LogP contribution in [0.1, 0.15) is 12.8 Å². The summed E-state index contributed by atoms with van der Waals surface area (Å²) < 4.78 is 0. The number of carbonyl (C=O) groups is 2.